The quantitative estimate of drug-likeness (QED) is 0.413. The van der Waals surface area contributed by atoms with Crippen molar-refractivity contribution in [3.63, 3.8) is 0 Å². The van der Waals surface area contributed by atoms with E-state index in [0.717, 1.165) is 6.42 Å². The smallest absolute Gasteiger partial charge is 0.317 e. The van der Waals surface area contributed by atoms with Crippen LogP contribution in [0.3, 0.4) is 0 Å². The fourth-order valence-corrected chi connectivity index (χ4v) is 1.73. The second-order valence-electron chi connectivity index (χ2n) is 3.48. The first-order valence-corrected chi connectivity index (χ1v) is 3.93. The van der Waals surface area contributed by atoms with Crippen LogP contribution in [0.25, 0.3) is 0 Å². The van der Waals surface area contributed by atoms with Crippen molar-refractivity contribution in [1.82, 2.24) is 0 Å². The number of ether oxygens (including phenoxy) is 1. The van der Waals surface area contributed by atoms with Crippen LogP contribution in [0.5, 0.6) is 0 Å². The Morgan fingerprint density at radius 1 is 1.45 bits per heavy atom. The van der Waals surface area contributed by atoms with Crippen molar-refractivity contribution in [3.05, 3.63) is 0 Å². The summed E-state index contributed by atoms with van der Waals surface area (Å²) in [6.07, 6.45) is 1.39. The van der Waals surface area contributed by atoms with Gasteiger partial charge < -0.3 is 4.74 Å². The van der Waals surface area contributed by atoms with Gasteiger partial charge >= 0.3 is 11.9 Å². The summed E-state index contributed by atoms with van der Waals surface area (Å²) in [4.78, 5) is 21.6. The van der Waals surface area contributed by atoms with Crippen LogP contribution < -0.4 is 0 Å². The molecule has 1 aliphatic heterocycles. The normalized spacial score (nSPS) is 42.5. The second-order valence-corrected chi connectivity index (χ2v) is 3.48. The van der Waals surface area contributed by atoms with Crippen molar-refractivity contribution in [2.75, 3.05) is 0 Å². The molecule has 0 aromatic rings. The molecule has 2 rings (SSSR count). The highest BCUT2D eigenvalue weighted by atomic mass is 16.6. The zero-order valence-corrected chi connectivity index (χ0v) is 6.37. The monoisotopic (exact) mass is 154 g/mol. The highest BCUT2D eigenvalue weighted by Gasteiger charge is 2.48. The van der Waals surface area contributed by atoms with Crippen LogP contribution in [0, 0.1) is 17.8 Å². The van der Waals surface area contributed by atoms with E-state index in [1.54, 1.807) is 0 Å². The molecule has 0 aromatic heterocycles. The highest BCUT2D eigenvalue weighted by molar-refractivity contribution is 5.94. The summed E-state index contributed by atoms with van der Waals surface area (Å²) in [5.41, 5.74) is 0. The van der Waals surface area contributed by atoms with E-state index in [9.17, 15) is 9.59 Å². The summed E-state index contributed by atoms with van der Waals surface area (Å²) >= 11 is 0. The number of hydrogen-bond acceptors (Lipinski definition) is 3. The number of hydrogen-bond donors (Lipinski definition) is 0. The van der Waals surface area contributed by atoms with Crippen molar-refractivity contribution in [2.45, 2.75) is 19.8 Å². The Morgan fingerprint density at radius 3 is 2.45 bits per heavy atom. The Bertz CT molecular complexity index is 221. The molecule has 3 nitrogen and oxygen atoms in total. The molecule has 3 heteroatoms. The van der Waals surface area contributed by atoms with Crippen LogP contribution in [0.1, 0.15) is 19.8 Å². The van der Waals surface area contributed by atoms with E-state index >= 15 is 0 Å². The molecule has 1 saturated heterocycles. The maximum atomic E-state index is 11.0. The van der Waals surface area contributed by atoms with Gasteiger partial charge in [-0.25, -0.2) is 0 Å². The molecular weight excluding hydrogens is 144 g/mol. The molecular formula is C8H10O3. The molecule has 2 fully saturated rings. The van der Waals surface area contributed by atoms with Gasteiger partial charge in [-0.3, -0.25) is 9.59 Å². The minimum atomic E-state index is -0.348. The molecule has 11 heavy (non-hydrogen) atoms. The summed E-state index contributed by atoms with van der Waals surface area (Å²) in [7, 11) is 0. The van der Waals surface area contributed by atoms with Gasteiger partial charge in [0, 0.05) is 0 Å². The third kappa shape index (κ3) is 1.04. The van der Waals surface area contributed by atoms with E-state index in [2.05, 4.69) is 11.7 Å². The Hall–Kier alpha value is -0.860. The molecule has 2 aliphatic rings. The van der Waals surface area contributed by atoms with Crippen molar-refractivity contribution in [1.29, 1.82) is 0 Å². The van der Waals surface area contributed by atoms with E-state index in [-0.39, 0.29) is 17.9 Å². The van der Waals surface area contributed by atoms with Crippen molar-refractivity contribution in [3.8, 4) is 0 Å². The zero-order valence-electron chi connectivity index (χ0n) is 6.37. The number of rotatable bonds is 1. The minimum Gasteiger partial charge on any atom is -0.393 e. The molecule has 0 bridgehead atoms. The number of carbonyl (C=O) groups is 2. The van der Waals surface area contributed by atoms with Crippen LogP contribution in [0.4, 0.5) is 0 Å². The first-order valence-electron chi connectivity index (χ1n) is 3.93. The maximum absolute atomic E-state index is 11.0. The van der Waals surface area contributed by atoms with Gasteiger partial charge in [-0.05, 0) is 18.3 Å². The van der Waals surface area contributed by atoms with Gasteiger partial charge in [0.25, 0.3) is 0 Å². The summed E-state index contributed by atoms with van der Waals surface area (Å²) < 4.78 is 4.45. The van der Waals surface area contributed by atoms with E-state index in [4.69, 9.17) is 0 Å². The predicted octanol–water partition coefficient (Wildman–Crippen LogP) is 0.732. The fourth-order valence-electron chi connectivity index (χ4n) is 1.73. The molecule has 1 heterocycles. The van der Waals surface area contributed by atoms with Gasteiger partial charge in [0.1, 0.15) is 0 Å². The van der Waals surface area contributed by atoms with Crippen molar-refractivity contribution in [2.24, 2.45) is 17.8 Å². The van der Waals surface area contributed by atoms with Gasteiger partial charge in [-0.15, -0.1) is 0 Å². The maximum Gasteiger partial charge on any atom is 0.317 e. The molecule has 0 amide bonds. The minimum absolute atomic E-state index is 0.113. The van der Waals surface area contributed by atoms with Gasteiger partial charge in [0.15, 0.2) is 0 Å². The molecule has 2 unspecified atom stereocenters. The van der Waals surface area contributed by atoms with E-state index in [1.807, 2.05) is 0 Å². The molecule has 60 valence electrons. The van der Waals surface area contributed by atoms with E-state index in [1.165, 1.54) is 0 Å². The molecule has 0 spiro atoms. The number of esters is 2. The fraction of sp³-hybridized carbons (Fsp3) is 0.750. The first-order chi connectivity index (χ1) is 5.18. The molecule has 0 aromatic carbocycles. The Morgan fingerprint density at radius 2 is 2.09 bits per heavy atom. The van der Waals surface area contributed by atoms with Crippen molar-refractivity contribution < 1.29 is 14.3 Å². The lowest BCUT2D eigenvalue weighted by Gasteiger charge is -1.98. The van der Waals surface area contributed by atoms with Crippen LogP contribution in [0.15, 0.2) is 0 Å². The lowest BCUT2D eigenvalue weighted by atomic mass is 10.0. The molecule has 1 saturated carbocycles. The lowest BCUT2D eigenvalue weighted by Crippen LogP contribution is -2.10. The van der Waals surface area contributed by atoms with Gasteiger partial charge in [-0.2, -0.15) is 0 Å². The standard InChI is InChI=1S/C8H10O3/c1-4-2-5(4)6-3-7(9)11-8(6)10/h4-6H,2-3H2,1H3/t4?,5-,6?/m1/s1. The molecule has 3 atom stereocenters. The predicted molar refractivity (Wildman–Crippen MR) is 36.5 cm³/mol. The third-order valence-electron chi connectivity index (χ3n) is 2.59. The summed E-state index contributed by atoms with van der Waals surface area (Å²) in [6, 6.07) is 0. The van der Waals surface area contributed by atoms with Crippen molar-refractivity contribution >= 4 is 11.9 Å². The number of cyclic esters (lactones) is 2. The first kappa shape index (κ1) is 6.83. The second kappa shape index (κ2) is 2.06. The van der Waals surface area contributed by atoms with E-state index < -0.39 is 0 Å². The van der Waals surface area contributed by atoms with Crippen LogP contribution >= 0.6 is 0 Å². The Labute approximate surface area is 64.7 Å². The van der Waals surface area contributed by atoms with E-state index in [0.29, 0.717) is 18.3 Å². The molecule has 1 aliphatic carbocycles. The topological polar surface area (TPSA) is 43.4 Å². The molecule has 0 radical (unpaired) electrons. The number of carbonyl (C=O) groups excluding carboxylic acids is 2. The Kier molecular flexibility index (Phi) is 1.28. The van der Waals surface area contributed by atoms with Crippen LogP contribution in [0.2, 0.25) is 0 Å². The largest absolute Gasteiger partial charge is 0.393 e. The van der Waals surface area contributed by atoms with Gasteiger partial charge in [-0.1, -0.05) is 6.92 Å². The zero-order chi connectivity index (χ0) is 8.01. The van der Waals surface area contributed by atoms with Crippen LogP contribution in [-0.2, 0) is 14.3 Å². The summed E-state index contributed by atoms with van der Waals surface area (Å²) in [5.74, 6) is 0.272. The SMILES string of the molecule is CC1C[C@H]1C1CC(=O)OC1=O. The van der Waals surface area contributed by atoms with Crippen LogP contribution in [-0.4, -0.2) is 11.9 Å². The summed E-state index contributed by atoms with van der Waals surface area (Å²) in [5, 5.41) is 0. The average Bonchev–Trinajstić information content (AvgIpc) is 2.52. The van der Waals surface area contributed by atoms with Gasteiger partial charge in [0.2, 0.25) is 0 Å². The third-order valence-corrected chi connectivity index (χ3v) is 2.59. The van der Waals surface area contributed by atoms with Gasteiger partial charge in [0.05, 0.1) is 12.3 Å². The average molecular weight is 154 g/mol. The Balaban J connectivity index is 2.04. The molecule has 0 N–H and O–H groups in total. The highest BCUT2D eigenvalue weighted by Crippen LogP contribution is 2.47. The summed E-state index contributed by atoms with van der Waals surface area (Å²) in [6.45, 7) is 2.10. The lowest BCUT2D eigenvalue weighted by molar-refractivity contribution is -0.153.